The van der Waals surface area contributed by atoms with Gasteiger partial charge in [0, 0.05) is 39.7 Å². The number of rotatable bonds is 9. The van der Waals surface area contributed by atoms with E-state index >= 15 is 0 Å². The molecule has 5 fully saturated rings. The number of carbonyl (C=O) groups excluding carboxylic acids is 2. The van der Waals surface area contributed by atoms with Crippen molar-refractivity contribution in [3.63, 3.8) is 0 Å². The van der Waals surface area contributed by atoms with Gasteiger partial charge in [-0.15, -0.1) is 0 Å². The number of aromatic nitrogens is 1. The Bertz CT molecular complexity index is 2150. The Balaban J connectivity index is 1.05. The molecule has 0 spiro atoms. The Morgan fingerprint density at radius 3 is 2.32 bits per heavy atom. The first-order valence-electron chi connectivity index (χ1n) is 17.1. The molecule has 50 heavy (non-hydrogen) atoms. The summed E-state index contributed by atoms with van der Waals surface area (Å²) in [4.78, 5) is 40.1. The number of nitrogens with one attached hydrogen (secondary N) is 2. The maximum atomic E-state index is 14.0. The third-order valence-corrected chi connectivity index (χ3v) is 13.3. The molecule has 1 heterocycles. The summed E-state index contributed by atoms with van der Waals surface area (Å²) < 4.78 is 41.1. The second kappa shape index (κ2) is 12.5. The topological polar surface area (TPSA) is 133 Å². The SMILES string of the molecule is COC(=O)Oc1c(Cc2ccc(C(=O)NC3[C@@H]4CC5C[C@H]3CC(NS(=O)(=O)C3CC3)(C5)C4)cc2)c(=O)c2ccc(Cl)cc2n1-c1ccccc1. The smallest absolute Gasteiger partial charge is 0.437 e. The molecule has 5 saturated carbocycles. The predicted octanol–water partition coefficient (Wildman–Crippen LogP) is 6.14. The predicted molar refractivity (Wildman–Crippen MR) is 189 cm³/mol. The molecular formula is C38H38ClN3O7S. The van der Waals surface area contributed by atoms with E-state index in [1.807, 2.05) is 30.3 Å². The Hall–Kier alpha value is -4.19. The Kier molecular flexibility index (Phi) is 8.27. The van der Waals surface area contributed by atoms with Crippen LogP contribution in [0.4, 0.5) is 4.79 Å². The van der Waals surface area contributed by atoms with E-state index in [0.717, 1.165) is 50.5 Å². The summed E-state index contributed by atoms with van der Waals surface area (Å²) >= 11 is 6.36. The van der Waals surface area contributed by atoms with Gasteiger partial charge in [0.05, 0.1) is 23.4 Å². The van der Waals surface area contributed by atoms with Crippen LogP contribution < -0.4 is 20.2 Å². The molecule has 5 atom stereocenters. The molecule has 3 aromatic carbocycles. The number of fused-ring (bicyclic) bond motifs is 1. The van der Waals surface area contributed by atoms with Crippen LogP contribution in [-0.2, 0) is 21.2 Å². The van der Waals surface area contributed by atoms with Gasteiger partial charge in [-0.3, -0.25) is 14.2 Å². The van der Waals surface area contributed by atoms with E-state index in [0.29, 0.717) is 33.1 Å². The maximum Gasteiger partial charge on any atom is 0.514 e. The first-order chi connectivity index (χ1) is 24.0. The van der Waals surface area contributed by atoms with Gasteiger partial charge in [-0.2, -0.15) is 0 Å². The van der Waals surface area contributed by atoms with Crippen LogP contribution in [0.3, 0.4) is 0 Å². The Morgan fingerprint density at radius 1 is 0.960 bits per heavy atom. The minimum absolute atomic E-state index is 0.00198. The number of ether oxygens (including phenoxy) is 2. The number of amides is 1. The minimum Gasteiger partial charge on any atom is -0.437 e. The van der Waals surface area contributed by atoms with E-state index < -0.39 is 16.2 Å². The van der Waals surface area contributed by atoms with Gasteiger partial charge >= 0.3 is 6.16 Å². The van der Waals surface area contributed by atoms with Crippen molar-refractivity contribution in [2.45, 2.75) is 68.2 Å². The van der Waals surface area contributed by atoms with Crippen LogP contribution in [-0.4, -0.2) is 49.0 Å². The normalized spacial score (nSPS) is 25.4. The molecule has 4 bridgehead atoms. The molecule has 1 aromatic heterocycles. The number of hydrogen-bond donors (Lipinski definition) is 2. The summed E-state index contributed by atoms with van der Waals surface area (Å²) in [5.41, 5.74) is 1.90. The number of nitrogens with zero attached hydrogens (tertiary/aromatic N) is 1. The van der Waals surface area contributed by atoms with Crippen molar-refractivity contribution in [1.82, 2.24) is 14.6 Å². The molecule has 1 amide bonds. The van der Waals surface area contributed by atoms with Crippen molar-refractivity contribution in [3.05, 3.63) is 105 Å². The Morgan fingerprint density at radius 2 is 1.66 bits per heavy atom. The lowest BCUT2D eigenvalue weighted by molar-refractivity contribution is -0.0348. The summed E-state index contributed by atoms with van der Waals surface area (Å²) in [6.45, 7) is 0. The number of carbonyl (C=O) groups is 2. The standard InChI is InChI=1S/C38H38ClN3O7S/c1-48-37(45)49-36-31(34(43)30-14-11-27(39)18-32(30)42(36)28-5-3-2-4-6-28)17-22-7-9-24(10-8-22)35(44)40-33-25-15-23-16-26(33)21-38(19-23,20-25)41-50(46,47)29-12-13-29/h2-11,14,18,23,25-26,29,33,41H,12-13,15-17,19-21H2,1H3,(H,40,44)/t23?,25-,26+,33?,38?. The van der Waals surface area contributed by atoms with Crippen molar-refractivity contribution in [2.24, 2.45) is 17.8 Å². The molecule has 3 unspecified atom stereocenters. The van der Waals surface area contributed by atoms with E-state index in [-0.39, 0.29) is 57.9 Å². The number of methoxy groups -OCH3 is 1. The van der Waals surface area contributed by atoms with Gasteiger partial charge in [0.1, 0.15) is 0 Å². The number of halogens is 1. The Labute approximate surface area is 295 Å². The summed E-state index contributed by atoms with van der Waals surface area (Å²) in [5.74, 6) is 0.783. The van der Waals surface area contributed by atoms with Crippen LogP contribution in [0.25, 0.3) is 16.6 Å². The molecule has 5 aliphatic carbocycles. The maximum absolute atomic E-state index is 14.0. The first-order valence-corrected chi connectivity index (χ1v) is 19.1. The summed E-state index contributed by atoms with van der Waals surface area (Å²) in [6, 6.07) is 21.2. The highest BCUT2D eigenvalue weighted by atomic mass is 35.5. The first kappa shape index (κ1) is 33.0. The van der Waals surface area contributed by atoms with Gasteiger partial charge in [0.15, 0.2) is 5.43 Å². The zero-order valence-corrected chi connectivity index (χ0v) is 29.1. The molecule has 4 aromatic rings. The fraction of sp³-hybridized carbons (Fsp3) is 0.395. The molecule has 2 N–H and O–H groups in total. The monoisotopic (exact) mass is 715 g/mol. The zero-order valence-electron chi connectivity index (χ0n) is 27.6. The number of pyridine rings is 1. The second-order valence-corrected chi connectivity index (χ2v) is 16.9. The molecule has 260 valence electrons. The lowest BCUT2D eigenvalue weighted by Gasteiger charge is -2.60. The number of hydrogen-bond acceptors (Lipinski definition) is 7. The molecule has 0 aliphatic heterocycles. The number of benzene rings is 3. The van der Waals surface area contributed by atoms with Crippen LogP contribution >= 0.6 is 11.6 Å². The number of para-hydroxylation sites is 1. The van der Waals surface area contributed by atoms with Crippen LogP contribution in [0.1, 0.15) is 66.4 Å². The van der Waals surface area contributed by atoms with Gasteiger partial charge in [-0.25, -0.2) is 17.9 Å². The lowest BCUT2D eigenvalue weighted by atomic mass is 9.51. The van der Waals surface area contributed by atoms with Crippen molar-refractivity contribution in [2.75, 3.05) is 7.11 Å². The quantitative estimate of drug-likeness (QED) is 0.199. The fourth-order valence-electron chi connectivity index (χ4n) is 8.96. The molecule has 10 nitrogen and oxygen atoms in total. The van der Waals surface area contributed by atoms with Gasteiger partial charge in [0.2, 0.25) is 15.9 Å². The molecular weight excluding hydrogens is 678 g/mol. The average molecular weight is 716 g/mol. The third kappa shape index (κ3) is 6.09. The van der Waals surface area contributed by atoms with Gasteiger partial charge in [0.25, 0.3) is 5.91 Å². The summed E-state index contributed by atoms with van der Waals surface area (Å²) in [7, 11) is -2.10. The second-order valence-electron chi connectivity index (χ2n) is 14.5. The van der Waals surface area contributed by atoms with Gasteiger partial charge in [-0.05, 0) is 111 Å². The van der Waals surface area contributed by atoms with Crippen molar-refractivity contribution in [3.8, 4) is 11.6 Å². The summed E-state index contributed by atoms with van der Waals surface area (Å²) in [5, 5.41) is 3.88. The zero-order chi connectivity index (χ0) is 34.8. The number of sulfonamides is 1. The molecule has 0 radical (unpaired) electrons. The van der Waals surface area contributed by atoms with Gasteiger partial charge in [-0.1, -0.05) is 41.9 Å². The van der Waals surface area contributed by atoms with E-state index in [1.54, 1.807) is 47.0 Å². The fourth-order valence-corrected chi connectivity index (χ4v) is 10.9. The van der Waals surface area contributed by atoms with E-state index in [4.69, 9.17) is 21.1 Å². The van der Waals surface area contributed by atoms with Crippen LogP contribution in [0.5, 0.6) is 5.88 Å². The minimum atomic E-state index is -3.30. The van der Waals surface area contributed by atoms with E-state index in [1.165, 1.54) is 7.11 Å². The van der Waals surface area contributed by atoms with Crippen LogP contribution in [0.15, 0.2) is 77.6 Å². The largest absolute Gasteiger partial charge is 0.514 e. The van der Waals surface area contributed by atoms with Crippen LogP contribution in [0, 0.1) is 17.8 Å². The highest BCUT2D eigenvalue weighted by molar-refractivity contribution is 7.90. The molecule has 9 rings (SSSR count). The van der Waals surface area contributed by atoms with Crippen molar-refractivity contribution in [1.29, 1.82) is 0 Å². The highest BCUT2D eigenvalue weighted by Crippen LogP contribution is 2.56. The molecule has 12 heteroatoms. The average Bonchev–Trinajstić information content (AvgIpc) is 3.95. The third-order valence-electron chi connectivity index (χ3n) is 11.0. The molecule has 5 aliphatic rings. The summed E-state index contributed by atoms with van der Waals surface area (Å²) in [6.07, 6.45) is 5.03. The van der Waals surface area contributed by atoms with Crippen LogP contribution in [0.2, 0.25) is 5.02 Å². The van der Waals surface area contributed by atoms with E-state index in [2.05, 4.69) is 10.0 Å². The van der Waals surface area contributed by atoms with Gasteiger partial charge < -0.3 is 14.8 Å². The highest BCUT2D eigenvalue weighted by Gasteiger charge is 2.57. The van der Waals surface area contributed by atoms with Crippen molar-refractivity contribution >= 4 is 44.6 Å². The lowest BCUT2D eigenvalue weighted by Crippen LogP contribution is -2.66. The molecule has 0 saturated heterocycles. The van der Waals surface area contributed by atoms with E-state index in [9.17, 15) is 22.8 Å². The van der Waals surface area contributed by atoms with Crippen molar-refractivity contribution < 1.29 is 27.5 Å².